The van der Waals surface area contributed by atoms with Crippen molar-refractivity contribution in [1.29, 1.82) is 5.26 Å². The summed E-state index contributed by atoms with van der Waals surface area (Å²) in [6.45, 7) is 2.94. The van der Waals surface area contributed by atoms with Gasteiger partial charge in [0, 0.05) is 12.1 Å². The molecule has 0 aliphatic heterocycles. The van der Waals surface area contributed by atoms with E-state index in [0.717, 1.165) is 42.8 Å². The van der Waals surface area contributed by atoms with Crippen molar-refractivity contribution in [3.05, 3.63) is 30.0 Å². The molecule has 0 bridgehead atoms. The number of nitriles is 1. The molecule has 5 heteroatoms. The lowest BCUT2D eigenvalue weighted by atomic mass is 10.1. The van der Waals surface area contributed by atoms with Crippen LogP contribution in [-0.2, 0) is 6.54 Å². The van der Waals surface area contributed by atoms with Gasteiger partial charge in [-0.1, -0.05) is 25.0 Å². The third-order valence-corrected chi connectivity index (χ3v) is 3.18. The van der Waals surface area contributed by atoms with E-state index in [1.54, 1.807) is 7.11 Å². The smallest absolute Gasteiger partial charge is 0.190 e. The zero-order chi connectivity index (χ0) is 14.4. The Labute approximate surface area is 118 Å². The van der Waals surface area contributed by atoms with Crippen molar-refractivity contribution in [2.24, 2.45) is 0 Å². The Balaban J connectivity index is 2.32. The Hall–Kier alpha value is -2.35. The lowest BCUT2D eigenvalue weighted by Gasteiger charge is -2.07. The van der Waals surface area contributed by atoms with Crippen LogP contribution in [0.5, 0.6) is 5.75 Å². The molecule has 1 aromatic carbocycles. The number of aryl methyl sites for hydroxylation is 1. The average molecular weight is 270 g/mol. The van der Waals surface area contributed by atoms with Gasteiger partial charge in [0.15, 0.2) is 5.69 Å². The number of methoxy groups -OCH3 is 1. The minimum Gasteiger partial charge on any atom is -0.497 e. The monoisotopic (exact) mass is 270 g/mol. The van der Waals surface area contributed by atoms with Crippen molar-refractivity contribution >= 4 is 0 Å². The maximum Gasteiger partial charge on any atom is 0.190 e. The van der Waals surface area contributed by atoms with E-state index < -0.39 is 0 Å². The second kappa shape index (κ2) is 6.71. The first kappa shape index (κ1) is 14.1. The molecule has 0 aliphatic carbocycles. The van der Waals surface area contributed by atoms with E-state index >= 15 is 0 Å². The molecule has 104 valence electrons. The fourth-order valence-corrected chi connectivity index (χ4v) is 2.09. The summed E-state index contributed by atoms with van der Waals surface area (Å²) in [5.74, 6) is 0.789. The molecule has 20 heavy (non-hydrogen) atoms. The summed E-state index contributed by atoms with van der Waals surface area (Å²) in [7, 11) is 1.63. The van der Waals surface area contributed by atoms with E-state index in [1.807, 2.05) is 28.9 Å². The van der Waals surface area contributed by atoms with Crippen LogP contribution in [-0.4, -0.2) is 22.1 Å². The van der Waals surface area contributed by atoms with Crippen LogP contribution in [0.4, 0.5) is 0 Å². The molecule has 0 fully saturated rings. The molecule has 0 amide bonds. The van der Waals surface area contributed by atoms with Gasteiger partial charge in [-0.2, -0.15) is 5.26 Å². The molecule has 0 unspecified atom stereocenters. The van der Waals surface area contributed by atoms with Gasteiger partial charge in [-0.25, -0.2) is 4.68 Å². The van der Waals surface area contributed by atoms with Crippen LogP contribution in [0.2, 0.25) is 0 Å². The van der Waals surface area contributed by atoms with E-state index in [2.05, 4.69) is 23.3 Å². The van der Waals surface area contributed by atoms with Crippen LogP contribution >= 0.6 is 0 Å². The van der Waals surface area contributed by atoms with Gasteiger partial charge in [0.05, 0.1) is 7.11 Å². The lowest BCUT2D eigenvalue weighted by molar-refractivity contribution is 0.415. The molecule has 0 saturated heterocycles. The second-order valence-electron chi connectivity index (χ2n) is 4.56. The predicted molar refractivity (Wildman–Crippen MR) is 76.3 cm³/mol. The molecule has 2 rings (SSSR count). The van der Waals surface area contributed by atoms with Gasteiger partial charge in [0.1, 0.15) is 17.5 Å². The first-order valence-electron chi connectivity index (χ1n) is 6.78. The van der Waals surface area contributed by atoms with Gasteiger partial charge in [-0.3, -0.25) is 0 Å². The van der Waals surface area contributed by atoms with Crippen LogP contribution in [0.3, 0.4) is 0 Å². The van der Waals surface area contributed by atoms with Gasteiger partial charge in [0.25, 0.3) is 0 Å². The topological polar surface area (TPSA) is 63.7 Å². The summed E-state index contributed by atoms with van der Waals surface area (Å²) in [4.78, 5) is 0. The fraction of sp³-hybridized carbons (Fsp3) is 0.400. The third kappa shape index (κ3) is 2.97. The minimum atomic E-state index is 0.367. The highest BCUT2D eigenvalue weighted by molar-refractivity contribution is 5.65. The van der Waals surface area contributed by atoms with Gasteiger partial charge >= 0.3 is 0 Å². The van der Waals surface area contributed by atoms with Crippen molar-refractivity contribution in [1.82, 2.24) is 15.0 Å². The van der Waals surface area contributed by atoms with Gasteiger partial charge in [-0.05, 0) is 30.7 Å². The molecule has 0 atom stereocenters. The number of nitrogens with zero attached hydrogens (tertiary/aromatic N) is 4. The normalized spacial score (nSPS) is 10.2. The Kier molecular flexibility index (Phi) is 4.72. The molecular formula is C15H18N4O. The van der Waals surface area contributed by atoms with E-state index in [0.29, 0.717) is 5.69 Å². The zero-order valence-electron chi connectivity index (χ0n) is 11.8. The fourth-order valence-electron chi connectivity index (χ4n) is 2.09. The number of ether oxygens (including phenoxy) is 1. The highest BCUT2D eigenvalue weighted by Gasteiger charge is 2.14. The molecule has 0 aliphatic rings. The molecule has 1 heterocycles. The number of unbranched alkanes of at least 4 members (excludes halogenated alkanes) is 2. The summed E-state index contributed by atoms with van der Waals surface area (Å²) in [5, 5.41) is 17.2. The number of benzene rings is 1. The summed E-state index contributed by atoms with van der Waals surface area (Å²) >= 11 is 0. The molecule has 2 aromatic rings. The second-order valence-corrected chi connectivity index (χ2v) is 4.56. The van der Waals surface area contributed by atoms with Crippen LogP contribution in [0.1, 0.15) is 31.9 Å². The van der Waals surface area contributed by atoms with E-state index in [-0.39, 0.29) is 0 Å². The summed E-state index contributed by atoms with van der Waals surface area (Å²) in [6, 6.07) is 9.71. The Bertz CT molecular complexity index is 595. The molecule has 0 radical (unpaired) electrons. The van der Waals surface area contributed by atoms with Crippen molar-refractivity contribution in [3.8, 4) is 23.1 Å². The number of rotatable bonds is 6. The van der Waals surface area contributed by atoms with Gasteiger partial charge in [0.2, 0.25) is 0 Å². The predicted octanol–water partition coefficient (Wildman–Crippen LogP) is 3.02. The lowest BCUT2D eigenvalue weighted by Crippen LogP contribution is -2.03. The van der Waals surface area contributed by atoms with Crippen LogP contribution in [0.15, 0.2) is 24.3 Å². The van der Waals surface area contributed by atoms with E-state index in [1.165, 1.54) is 0 Å². The number of aromatic nitrogens is 3. The van der Waals surface area contributed by atoms with Gasteiger partial charge in [-0.15, -0.1) is 5.10 Å². The summed E-state index contributed by atoms with van der Waals surface area (Å²) in [6.07, 6.45) is 3.33. The highest BCUT2D eigenvalue weighted by Crippen LogP contribution is 2.24. The molecule has 0 spiro atoms. The van der Waals surface area contributed by atoms with Crippen molar-refractivity contribution in [2.45, 2.75) is 32.7 Å². The molecule has 1 aromatic heterocycles. The molecule has 5 nitrogen and oxygen atoms in total. The largest absolute Gasteiger partial charge is 0.497 e. The van der Waals surface area contributed by atoms with E-state index in [4.69, 9.17) is 4.74 Å². The Morgan fingerprint density at radius 1 is 1.25 bits per heavy atom. The number of hydrogen-bond acceptors (Lipinski definition) is 4. The Morgan fingerprint density at radius 2 is 2.00 bits per heavy atom. The summed E-state index contributed by atoms with van der Waals surface area (Å²) in [5.41, 5.74) is 2.08. The van der Waals surface area contributed by atoms with Crippen LogP contribution < -0.4 is 4.74 Å². The maximum atomic E-state index is 9.17. The van der Waals surface area contributed by atoms with Crippen molar-refractivity contribution < 1.29 is 4.74 Å². The molecular weight excluding hydrogens is 252 g/mol. The minimum absolute atomic E-state index is 0.367. The Morgan fingerprint density at radius 3 is 2.60 bits per heavy atom. The van der Waals surface area contributed by atoms with Crippen molar-refractivity contribution in [3.63, 3.8) is 0 Å². The summed E-state index contributed by atoms with van der Waals surface area (Å²) < 4.78 is 6.97. The SMILES string of the molecule is CCCCCn1nnc(C#N)c1-c1ccc(OC)cc1. The third-order valence-electron chi connectivity index (χ3n) is 3.18. The first-order valence-corrected chi connectivity index (χ1v) is 6.78. The highest BCUT2D eigenvalue weighted by atomic mass is 16.5. The number of hydrogen-bond donors (Lipinski definition) is 0. The zero-order valence-corrected chi connectivity index (χ0v) is 11.8. The molecule has 0 saturated carbocycles. The van der Waals surface area contributed by atoms with Crippen LogP contribution in [0.25, 0.3) is 11.3 Å². The van der Waals surface area contributed by atoms with Gasteiger partial charge < -0.3 is 4.74 Å². The quantitative estimate of drug-likeness (QED) is 0.757. The van der Waals surface area contributed by atoms with E-state index in [9.17, 15) is 5.26 Å². The van der Waals surface area contributed by atoms with Crippen molar-refractivity contribution in [2.75, 3.05) is 7.11 Å². The van der Waals surface area contributed by atoms with Crippen LogP contribution in [0, 0.1) is 11.3 Å². The first-order chi connectivity index (χ1) is 9.80. The average Bonchev–Trinajstić information content (AvgIpc) is 2.90. The maximum absolute atomic E-state index is 9.17. The molecule has 0 N–H and O–H groups in total. The standard InChI is InChI=1S/C15H18N4O/c1-3-4-5-10-19-15(14(11-16)17-18-19)12-6-8-13(20-2)9-7-12/h6-9H,3-5,10H2,1-2H3.